The molecule has 1 saturated heterocycles. The molecule has 4 rings (SSSR count). The Hall–Kier alpha value is -2.50. The van der Waals surface area contributed by atoms with Crippen LogP contribution in [0.3, 0.4) is 0 Å². The number of sulfonamides is 1. The van der Waals surface area contributed by atoms with E-state index < -0.39 is 10.0 Å². The number of pyridine rings is 1. The van der Waals surface area contributed by atoms with Crippen LogP contribution in [-0.2, 0) is 21.4 Å². The molecule has 0 spiro atoms. The maximum Gasteiger partial charge on any atom is 0.350 e. The third-order valence-electron chi connectivity index (χ3n) is 5.18. The van der Waals surface area contributed by atoms with Gasteiger partial charge in [-0.15, -0.1) is 16.4 Å². The van der Waals surface area contributed by atoms with Crippen molar-refractivity contribution in [2.75, 3.05) is 19.6 Å². The molecule has 30 heavy (non-hydrogen) atoms. The van der Waals surface area contributed by atoms with Crippen molar-refractivity contribution >= 4 is 32.9 Å². The molecule has 1 unspecified atom stereocenters. The number of amides is 1. The first-order valence-corrected chi connectivity index (χ1v) is 12.1. The lowest BCUT2D eigenvalue weighted by Crippen LogP contribution is -2.45. The van der Waals surface area contributed by atoms with E-state index in [-0.39, 0.29) is 24.1 Å². The van der Waals surface area contributed by atoms with Crippen molar-refractivity contribution in [1.29, 1.82) is 0 Å². The highest BCUT2D eigenvalue weighted by Crippen LogP contribution is 2.26. The number of thiophene rings is 1. The van der Waals surface area contributed by atoms with E-state index in [4.69, 9.17) is 0 Å². The molecule has 9 nitrogen and oxygen atoms in total. The zero-order valence-electron chi connectivity index (χ0n) is 16.3. The monoisotopic (exact) mass is 449 g/mol. The topological polar surface area (TPSA) is 106 Å². The fraction of sp³-hybridized carbons (Fsp3) is 0.421. The van der Waals surface area contributed by atoms with Crippen LogP contribution in [-0.4, -0.2) is 52.4 Å². The van der Waals surface area contributed by atoms with Gasteiger partial charge in [-0.1, -0.05) is 12.1 Å². The minimum Gasteiger partial charge on any atom is -0.356 e. The van der Waals surface area contributed by atoms with E-state index in [1.54, 1.807) is 35.8 Å². The molecule has 1 N–H and O–H groups in total. The highest BCUT2D eigenvalue weighted by Gasteiger charge is 2.33. The Balaban J connectivity index is 1.29. The predicted molar refractivity (Wildman–Crippen MR) is 113 cm³/mol. The van der Waals surface area contributed by atoms with Crippen molar-refractivity contribution in [3.8, 4) is 0 Å². The number of nitrogens with one attached hydrogen (secondary N) is 1. The van der Waals surface area contributed by atoms with Gasteiger partial charge in [0.15, 0.2) is 5.65 Å². The van der Waals surface area contributed by atoms with Gasteiger partial charge in [-0.2, -0.15) is 4.31 Å². The van der Waals surface area contributed by atoms with Crippen LogP contribution in [0.1, 0.15) is 19.3 Å². The first-order valence-electron chi connectivity index (χ1n) is 9.82. The SMILES string of the molecule is O=C(NCCCn1nc2ccccn2c1=O)C1CCCN(S(=O)(=O)c2cccs2)C1. The average Bonchev–Trinajstić information content (AvgIpc) is 3.41. The normalized spacial score (nSPS) is 17.9. The van der Waals surface area contributed by atoms with Crippen LogP contribution < -0.4 is 11.0 Å². The van der Waals surface area contributed by atoms with E-state index in [1.165, 1.54) is 24.7 Å². The molecule has 0 radical (unpaired) electrons. The number of fused-ring (bicyclic) bond motifs is 1. The van der Waals surface area contributed by atoms with Crippen LogP contribution >= 0.6 is 11.3 Å². The Morgan fingerprint density at radius 3 is 2.90 bits per heavy atom. The zero-order chi connectivity index (χ0) is 21.1. The summed E-state index contributed by atoms with van der Waals surface area (Å²) in [7, 11) is -3.54. The molecule has 3 aromatic heterocycles. The Morgan fingerprint density at radius 2 is 2.13 bits per heavy atom. The lowest BCUT2D eigenvalue weighted by molar-refractivity contribution is -0.126. The smallest absolute Gasteiger partial charge is 0.350 e. The molecule has 0 aromatic carbocycles. The molecule has 1 aliphatic rings. The summed E-state index contributed by atoms with van der Waals surface area (Å²) in [5.41, 5.74) is 0.374. The quantitative estimate of drug-likeness (QED) is 0.545. The van der Waals surface area contributed by atoms with Gasteiger partial charge in [0, 0.05) is 32.4 Å². The Morgan fingerprint density at radius 1 is 1.27 bits per heavy atom. The van der Waals surface area contributed by atoms with Gasteiger partial charge in [0.25, 0.3) is 10.0 Å². The number of hydrogen-bond acceptors (Lipinski definition) is 6. The molecule has 1 fully saturated rings. The van der Waals surface area contributed by atoms with E-state index in [1.807, 2.05) is 6.07 Å². The summed E-state index contributed by atoms with van der Waals surface area (Å²) in [4.78, 5) is 24.8. The molecule has 1 amide bonds. The number of aryl methyl sites for hydroxylation is 1. The van der Waals surface area contributed by atoms with Gasteiger partial charge in [0.1, 0.15) is 4.21 Å². The van der Waals surface area contributed by atoms with Gasteiger partial charge in [-0.25, -0.2) is 17.9 Å². The van der Waals surface area contributed by atoms with Crippen LogP contribution in [0.15, 0.2) is 50.9 Å². The van der Waals surface area contributed by atoms with Crippen LogP contribution in [0.4, 0.5) is 0 Å². The number of hydrogen-bond donors (Lipinski definition) is 1. The summed E-state index contributed by atoms with van der Waals surface area (Å²) in [6.07, 6.45) is 3.54. The van der Waals surface area contributed by atoms with Gasteiger partial charge >= 0.3 is 5.69 Å². The largest absolute Gasteiger partial charge is 0.356 e. The van der Waals surface area contributed by atoms with E-state index in [2.05, 4.69) is 10.4 Å². The van der Waals surface area contributed by atoms with E-state index in [9.17, 15) is 18.0 Å². The summed E-state index contributed by atoms with van der Waals surface area (Å²) in [5.74, 6) is -0.519. The van der Waals surface area contributed by atoms with Crippen LogP contribution in [0, 0.1) is 5.92 Å². The number of nitrogens with zero attached hydrogens (tertiary/aromatic N) is 4. The second kappa shape index (κ2) is 8.70. The first kappa shape index (κ1) is 20.8. The van der Waals surface area contributed by atoms with Gasteiger partial charge < -0.3 is 5.32 Å². The highest BCUT2D eigenvalue weighted by atomic mass is 32.2. The van der Waals surface area contributed by atoms with Crippen molar-refractivity contribution < 1.29 is 13.2 Å². The van der Waals surface area contributed by atoms with Crippen molar-refractivity contribution in [3.05, 3.63) is 52.4 Å². The molecule has 4 heterocycles. The van der Waals surface area contributed by atoms with E-state index in [0.29, 0.717) is 48.8 Å². The second-order valence-electron chi connectivity index (χ2n) is 7.21. The van der Waals surface area contributed by atoms with Crippen molar-refractivity contribution in [3.63, 3.8) is 0 Å². The molecule has 0 aliphatic carbocycles. The van der Waals surface area contributed by atoms with Crippen LogP contribution in [0.5, 0.6) is 0 Å². The minimum absolute atomic E-state index is 0.150. The molecular formula is C19H23N5O4S2. The first-order chi connectivity index (χ1) is 14.5. The zero-order valence-corrected chi connectivity index (χ0v) is 17.9. The van der Waals surface area contributed by atoms with Gasteiger partial charge in [0.05, 0.1) is 5.92 Å². The van der Waals surface area contributed by atoms with Crippen molar-refractivity contribution in [2.45, 2.75) is 30.0 Å². The number of aromatic nitrogens is 3. The number of carbonyl (C=O) groups excluding carboxylic acids is 1. The van der Waals surface area contributed by atoms with Gasteiger partial charge in [0.2, 0.25) is 5.91 Å². The Kier molecular flexibility index (Phi) is 6.02. The van der Waals surface area contributed by atoms with Gasteiger partial charge in [-0.05, 0) is 42.8 Å². The second-order valence-corrected chi connectivity index (χ2v) is 10.3. The summed E-state index contributed by atoms with van der Waals surface area (Å²) < 4.78 is 30.0. The van der Waals surface area contributed by atoms with Crippen molar-refractivity contribution in [2.24, 2.45) is 5.92 Å². The summed E-state index contributed by atoms with van der Waals surface area (Å²) in [6, 6.07) is 8.65. The summed E-state index contributed by atoms with van der Waals surface area (Å²) >= 11 is 1.18. The van der Waals surface area contributed by atoms with Crippen molar-refractivity contribution in [1.82, 2.24) is 23.8 Å². The summed E-state index contributed by atoms with van der Waals surface area (Å²) in [6.45, 7) is 1.41. The number of piperidine rings is 1. The molecule has 160 valence electrons. The third-order valence-corrected chi connectivity index (χ3v) is 8.42. The molecule has 0 saturated carbocycles. The lowest BCUT2D eigenvalue weighted by atomic mass is 9.99. The Labute approximate surface area is 178 Å². The van der Waals surface area contributed by atoms with E-state index >= 15 is 0 Å². The van der Waals surface area contributed by atoms with Crippen LogP contribution in [0.25, 0.3) is 5.65 Å². The average molecular weight is 450 g/mol. The molecule has 3 aromatic rings. The molecule has 11 heteroatoms. The van der Waals surface area contributed by atoms with Gasteiger partial charge in [-0.3, -0.25) is 9.20 Å². The number of carbonyl (C=O) groups is 1. The molecule has 1 atom stereocenters. The lowest BCUT2D eigenvalue weighted by Gasteiger charge is -2.30. The Bertz CT molecular complexity index is 1180. The minimum atomic E-state index is -3.54. The molecule has 0 bridgehead atoms. The molecular weight excluding hydrogens is 426 g/mol. The maximum absolute atomic E-state index is 12.7. The fourth-order valence-electron chi connectivity index (χ4n) is 3.61. The van der Waals surface area contributed by atoms with Crippen LogP contribution in [0.2, 0.25) is 0 Å². The highest BCUT2D eigenvalue weighted by molar-refractivity contribution is 7.91. The molecule has 1 aliphatic heterocycles. The third kappa shape index (κ3) is 4.18. The standard InChI is InChI=1S/C19H23N5O4S2/c25-18(15-6-3-10-22(14-15)30(27,28)17-8-4-13-29-17)20-9-5-12-24-19(26)23-11-2-1-7-16(23)21-24/h1-2,4,7-8,11,13,15H,3,5-6,9-10,12,14H2,(H,20,25). The fourth-order valence-corrected chi connectivity index (χ4v) is 6.28. The predicted octanol–water partition coefficient (Wildman–Crippen LogP) is 1.16. The van der Waals surface area contributed by atoms with E-state index in [0.717, 1.165) is 0 Å². The summed E-state index contributed by atoms with van der Waals surface area (Å²) in [5, 5.41) is 8.87. The number of rotatable bonds is 7. The maximum atomic E-state index is 12.7.